The highest BCUT2D eigenvalue weighted by molar-refractivity contribution is 5.87. The Balaban J connectivity index is 1.22. The van der Waals surface area contributed by atoms with Crippen LogP contribution in [0.3, 0.4) is 0 Å². The maximum Gasteiger partial charge on any atom is 0.143 e. The molecule has 0 N–H and O–H groups in total. The van der Waals surface area contributed by atoms with Crippen LogP contribution in [-0.2, 0) is 33.8 Å². The number of ether oxygens (including phenoxy) is 7. The number of fused-ring (bicyclic) bond motifs is 3. The maximum absolute atomic E-state index is 6.52. The minimum absolute atomic E-state index is 0.423. The van der Waals surface area contributed by atoms with Gasteiger partial charge in [-0.15, -0.1) is 0 Å². The standard InChI is InChI=1S/C44H57NO7/c1-32-8-13-38-39-14-9-33(2)29-41(39)44(40(38)28-32,36-11-10-34(3)35(4)30-36)37-12-15-42(45(5)6)43(31-37)52-27-26-51-25-24-50-23-22-49-21-20-48-19-18-47-17-16-46-7/h8-15,28-31H,16-27H2,1-7H3. The van der Waals surface area contributed by atoms with Crippen molar-refractivity contribution in [1.29, 1.82) is 0 Å². The van der Waals surface area contributed by atoms with Crippen LogP contribution in [0.25, 0.3) is 11.1 Å². The van der Waals surface area contributed by atoms with Crippen LogP contribution in [0.2, 0.25) is 0 Å². The molecule has 0 spiro atoms. The first kappa shape index (κ1) is 39.4. The van der Waals surface area contributed by atoms with Gasteiger partial charge in [0.1, 0.15) is 12.4 Å². The van der Waals surface area contributed by atoms with Crippen molar-refractivity contribution in [3.05, 3.63) is 117 Å². The molecule has 0 fully saturated rings. The zero-order valence-electron chi connectivity index (χ0n) is 32.2. The number of benzene rings is 4. The Hall–Kier alpha value is -3.76. The number of aryl methyl sites for hydroxylation is 4. The van der Waals surface area contributed by atoms with E-state index in [0.717, 1.165) is 11.4 Å². The van der Waals surface area contributed by atoms with Crippen LogP contribution in [0.15, 0.2) is 72.8 Å². The van der Waals surface area contributed by atoms with Crippen molar-refractivity contribution >= 4 is 5.69 Å². The summed E-state index contributed by atoms with van der Waals surface area (Å²) in [6.07, 6.45) is 0. The Morgan fingerprint density at radius 2 is 0.942 bits per heavy atom. The van der Waals surface area contributed by atoms with Gasteiger partial charge in [0, 0.05) is 21.2 Å². The maximum atomic E-state index is 6.52. The normalized spacial score (nSPS) is 12.9. The van der Waals surface area contributed by atoms with Crippen LogP contribution in [-0.4, -0.2) is 100 Å². The Morgan fingerprint density at radius 1 is 0.481 bits per heavy atom. The number of rotatable bonds is 22. The van der Waals surface area contributed by atoms with Gasteiger partial charge in [-0.1, -0.05) is 71.8 Å². The molecule has 4 aromatic rings. The van der Waals surface area contributed by atoms with E-state index in [1.807, 2.05) is 0 Å². The molecule has 0 radical (unpaired) electrons. The molecule has 0 amide bonds. The average molecular weight is 712 g/mol. The van der Waals surface area contributed by atoms with Gasteiger partial charge in [0.15, 0.2) is 0 Å². The smallest absolute Gasteiger partial charge is 0.143 e. The lowest BCUT2D eigenvalue weighted by molar-refractivity contribution is -0.0159. The highest BCUT2D eigenvalue weighted by Crippen LogP contribution is 2.57. The molecule has 0 saturated carbocycles. The van der Waals surface area contributed by atoms with Crippen molar-refractivity contribution in [1.82, 2.24) is 0 Å². The van der Waals surface area contributed by atoms with Crippen LogP contribution in [0.1, 0.15) is 44.5 Å². The zero-order valence-corrected chi connectivity index (χ0v) is 32.2. The van der Waals surface area contributed by atoms with E-state index in [4.69, 9.17) is 33.2 Å². The number of hydrogen-bond acceptors (Lipinski definition) is 8. The largest absolute Gasteiger partial charge is 0.489 e. The molecule has 0 aromatic heterocycles. The fourth-order valence-corrected chi connectivity index (χ4v) is 6.88. The minimum Gasteiger partial charge on any atom is -0.489 e. The molecule has 4 aromatic carbocycles. The highest BCUT2D eigenvalue weighted by atomic mass is 16.6. The Labute approximate surface area is 310 Å². The van der Waals surface area contributed by atoms with Crippen molar-refractivity contribution in [2.45, 2.75) is 33.1 Å². The second kappa shape index (κ2) is 19.4. The summed E-state index contributed by atoms with van der Waals surface area (Å²) in [6.45, 7) is 15.0. The predicted molar refractivity (Wildman–Crippen MR) is 208 cm³/mol. The van der Waals surface area contributed by atoms with Crippen molar-refractivity contribution in [2.24, 2.45) is 0 Å². The van der Waals surface area contributed by atoms with E-state index in [1.165, 1.54) is 55.6 Å². The first-order valence-corrected chi connectivity index (χ1v) is 18.4. The summed E-state index contributed by atoms with van der Waals surface area (Å²) >= 11 is 0. The lowest BCUT2D eigenvalue weighted by atomic mass is 9.67. The van der Waals surface area contributed by atoms with E-state index in [9.17, 15) is 0 Å². The number of anilines is 1. The first-order valence-electron chi connectivity index (χ1n) is 18.4. The molecule has 0 atom stereocenters. The van der Waals surface area contributed by atoms with Gasteiger partial charge in [0.25, 0.3) is 0 Å². The van der Waals surface area contributed by atoms with Crippen molar-refractivity contribution in [3.8, 4) is 16.9 Å². The summed E-state index contributed by atoms with van der Waals surface area (Å²) in [6, 6.07) is 27.5. The summed E-state index contributed by atoms with van der Waals surface area (Å²) in [5, 5.41) is 0. The van der Waals surface area contributed by atoms with Gasteiger partial charge in [-0.05, 0) is 84.3 Å². The molecular formula is C44H57NO7. The van der Waals surface area contributed by atoms with E-state index >= 15 is 0 Å². The molecule has 0 unspecified atom stereocenters. The van der Waals surface area contributed by atoms with Crippen LogP contribution in [0.4, 0.5) is 5.69 Å². The van der Waals surface area contributed by atoms with Gasteiger partial charge >= 0.3 is 0 Å². The fraction of sp³-hybridized carbons (Fsp3) is 0.455. The van der Waals surface area contributed by atoms with Gasteiger partial charge in [0.05, 0.1) is 83.8 Å². The molecule has 0 bridgehead atoms. The van der Waals surface area contributed by atoms with Crippen LogP contribution < -0.4 is 9.64 Å². The molecule has 0 saturated heterocycles. The summed E-state index contributed by atoms with van der Waals surface area (Å²) in [5.41, 5.74) is 13.2. The van der Waals surface area contributed by atoms with Gasteiger partial charge in [-0.3, -0.25) is 0 Å². The second-order valence-corrected chi connectivity index (χ2v) is 13.6. The zero-order chi connectivity index (χ0) is 36.9. The average Bonchev–Trinajstić information content (AvgIpc) is 3.41. The van der Waals surface area contributed by atoms with E-state index in [-0.39, 0.29) is 0 Å². The van der Waals surface area contributed by atoms with Crippen molar-refractivity contribution in [3.63, 3.8) is 0 Å². The fourth-order valence-electron chi connectivity index (χ4n) is 6.88. The second-order valence-electron chi connectivity index (χ2n) is 13.6. The number of nitrogens with zero attached hydrogens (tertiary/aromatic N) is 1. The minimum atomic E-state index is -0.506. The molecule has 52 heavy (non-hydrogen) atoms. The van der Waals surface area contributed by atoms with E-state index in [2.05, 4.69) is 119 Å². The highest BCUT2D eigenvalue weighted by Gasteiger charge is 2.46. The molecule has 0 heterocycles. The summed E-state index contributed by atoms with van der Waals surface area (Å²) < 4.78 is 39.4. The third-order valence-electron chi connectivity index (χ3n) is 9.67. The Bertz CT molecular complexity index is 1680. The molecule has 8 heteroatoms. The molecule has 280 valence electrons. The predicted octanol–water partition coefficient (Wildman–Crippen LogP) is 7.46. The number of hydrogen-bond donors (Lipinski definition) is 0. The summed E-state index contributed by atoms with van der Waals surface area (Å²) in [5.74, 6) is 0.834. The van der Waals surface area contributed by atoms with Crippen LogP contribution >= 0.6 is 0 Å². The number of methoxy groups -OCH3 is 1. The molecule has 1 aliphatic rings. The van der Waals surface area contributed by atoms with Gasteiger partial charge in [-0.2, -0.15) is 0 Å². The van der Waals surface area contributed by atoms with Crippen molar-refractivity contribution < 1.29 is 33.2 Å². The lowest BCUT2D eigenvalue weighted by Crippen LogP contribution is -2.29. The Morgan fingerprint density at radius 3 is 1.42 bits per heavy atom. The third kappa shape index (κ3) is 9.42. The van der Waals surface area contributed by atoms with Crippen LogP contribution in [0.5, 0.6) is 5.75 Å². The lowest BCUT2D eigenvalue weighted by Gasteiger charge is -2.35. The molecule has 8 nitrogen and oxygen atoms in total. The van der Waals surface area contributed by atoms with E-state index in [0.29, 0.717) is 79.3 Å². The first-order chi connectivity index (χ1) is 25.3. The topological polar surface area (TPSA) is 67.9 Å². The summed E-state index contributed by atoms with van der Waals surface area (Å²) in [4.78, 5) is 2.11. The van der Waals surface area contributed by atoms with E-state index in [1.54, 1.807) is 7.11 Å². The summed E-state index contributed by atoms with van der Waals surface area (Å²) in [7, 11) is 5.77. The van der Waals surface area contributed by atoms with Crippen molar-refractivity contribution in [2.75, 3.05) is 105 Å². The van der Waals surface area contributed by atoms with Gasteiger partial charge in [-0.25, -0.2) is 0 Å². The van der Waals surface area contributed by atoms with Gasteiger partial charge < -0.3 is 38.1 Å². The third-order valence-corrected chi connectivity index (χ3v) is 9.67. The molecular weight excluding hydrogens is 654 g/mol. The van der Waals surface area contributed by atoms with Crippen LogP contribution in [0, 0.1) is 27.7 Å². The van der Waals surface area contributed by atoms with E-state index < -0.39 is 5.41 Å². The SMILES string of the molecule is COCCOCCOCCOCCOCCOCCOc1cc(C2(c3ccc(C)c(C)c3)c3cc(C)ccc3-c3ccc(C)cc32)ccc1N(C)C. The molecule has 1 aliphatic carbocycles. The Kier molecular flexibility index (Phi) is 14.7. The molecule has 5 rings (SSSR count). The van der Waals surface area contributed by atoms with Gasteiger partial charge in [0.2, 0.25) is 0 Å². The quantitative estimate of drug-likeness (QED) is 0.0686. The molecule has 0 aliphatic heterocycles. The monoisotopic (exact) mass is 711 g/mol.